The molecule has 32 heavy (non-hydrogen) atoms. The van der Waals surface area contributed by atoms with Crippen molar-refractivity contribution in [2.24, 2.45) is 0 Å². The minimum atomic E-state index is -2.88. The summed E-state index contributed by atoms with van der Waals surface area (Å²) in [6.07, 6.45) is 0. The highest BCUT2D eigenvalue weighted by molar-refractivity contribution is 7.66. The Bertz CT molecular complexity index is 742. The van der Waals surface area contributed by atoms with Crippen LogP contribution in [0.4, 0.5) is 0 Å². The lowest BCUT2D eigenvalue weighted by Gasteiger charge is -2.53. The topological polar surface area (TPSA) is 27.7 Å². The molecule has 0 aliphatic rings. The van der Waals surface area contributed by atoms with E-state index in [9.17, 15) is 0 Å². The van der Waals surface area contributed by atoms with Gasteiger partial charge in [0.05, 0.1) is 26.2 Å². The maximum atomic E-state index is 6.71. The van der Waals surface area contributed by atoms with E-state index in [0.29, 0.717) is 0 Å². The molecule has 0 rings (SSSR count). The van der Waals surface area contributed by atoms with Crippen molar-refractivity contribution < 1.29 is 12.7 Å². The molecule has 0 saturated heterocycles. The predicted molar refractivity (Wildman–Crippen MR) is 161 cm³/mol. The summed E-state index contributed by atoms with van der Waals surface area (Å²) in [7, 11) is 23.4. The second-order valence-electron chi connectivity index (χ2n) is 10.3. The first-order valence-corrected chi connectivity index (χ1v) is 22.8. The molecule has 1 atom stereocenters. The molecule has 0 spiro atoms. The SMILES string of the molecule is [B][B]B([B])C(O[Si](C)(C)O[Si](C)(C)C#CC#CC)(B([B])[B])B([B])[B][Si](C)(C)O[Si](C)(C)C. The van der Waals surface area contributed by atoms with Crippen molar-refractivity contribution in [3.63, 3.8) is 0 Å². The minimum absolute atomic E-state index is 0.729. The number of hydrogen-bond donors (Lipinski definition) is 0. The Balaban J connectivity index is 6.13. The second kappa shape index (κ2) is 12.5. The van der Waals surface area contributed by atoms with Crippen LogP contribution in [-0.4, -0.2) is 111 Å². The van der Waals surface area contributed by atoms with Gasteiger partial charge in [-0.25, -0.2) is 0 Å². The Morgan fingerprint density at radius 1 is 0.812 bits per heavy atom. The molecule has 12 radical (unpaired) electrons. The van der Waals surface area contributed by atoms with Gasteiger partial charge in [0.15, 0.2) is 8.32 Å². The highest BCUT2D eigenvalue weighted by atomic mass is 28.4. The average molecular weight is 479 g/mol. The Morgan fingerprint density at radius 3 is 1.75 bits per heavy atom. The van der Waals surface area contributed by atoms with Gasteiger partial charge in [0.2, 0.25) is 0 Å². The largest absolute Gasteiger partial charge is 0.463 e. The van der Waals surface area contributed by atoms with Gasteiger partial charge >= 0.3 is 8.56 Å². The van der Waals surface area contributed by atoms with Gasteiger partial charge in [-0.2, -0.15) is 0 Å². The van der Waals surface area contributed by atoms with E-state index < -0.39 is 58.2 Å². The Morgan fingerprint density at radius 2 is 1.34 bits per heavy atom. The highest BCUT2D eigenvalue weighted by Gasteiger charge is 2.51. The molecule has 0 N–H and O–H groups in total. The molecule has 0 aromatic heterocycles. The minimum Gasteiger partial charge on any atom is -0.463 e. The van der Waals surface area contributed by atoms with E-state index in [-0.39, 0.29) is 0 Å². The lowest BCUT2D eigenvalue weighted by Crippen LogP contribution is -2.78. The Labute approximate surface area is 211 Å². The molecule has 0 saturated carbocycles. The summed E-state index contributed by atoms with van der Waals surface area (Å²) in [5.74, 6) is 8.36. The summed E-state index contributed by atoms with van der Waals surface area (Å²) in [6, 6.07) is 0. The standard InChI is InChI=1S/C15H30B10O3Si4/c1-11-12-13-14-30(5,6)28-32(9,10)26-15(23(17)18,24(19)21-16)25(20)22-31(7,8)27-29(2,3)4/h1-10H3. The fraction of sp³-hybridized carbons (Fsp3) is 0.733. The van der Waals surface area contributed by atoms with Crippen LogP contribution in [0.3, 0.4) is 0 Å². The van der Waals surface area contributed by atoms with Crippen LogP contribution < -0.4 is 0 Å². The monoisotopic (exact) mass is 480 g/mol. The Kier molecular flexibility index (Phi) is 12.7. The molecule has 0 bridgehead atoms. The molecule has 154 valence electrons. The average Bonchev–Trinajstić information content (AvgIpc) is 2.54. The van der Waals surface area contributed by atoms with Crippen LogP contribution >= 0.6 is 0 Å². The van der Waals surface area contributed by atoms with E-state index >= 15 is 0 Å². The first-order chi connectivity index (χ1) is 14.2. The van der Waals surface area contributed by atoms with Gasteiger partial charge < -0.3 is 12.7 Å². The lowest BCUT2D eigenvalue weighted by atomic mass is 8.79. The van der Waals surface area contributed by atoms with Gasteiger partial charge in [-0.3, -0.25) is 0 Å². The number of hydrogen-bond acceptors (Lipinski definition) is 3. The molecule has 0 aliphatic heterocycles. The van der Waals surface area contributed by atoms with Crippen molar-refractivity contribution in [2.45, 2.75) is 71.1 Å². The third kappa shape index (κ3) is 10.8. The maximum Gasteiger partial charge on any atom is 0.320 e. The fourth-order valence-electron chi connectivity index (χ4n) is 3.74. The maximum absolute atomic E-state index is 6.71. The first-order valence-electron chi connectivity index (χ1n) is 10.7. The Hall–Kier alpha value is 0.517. The van der Waals surface area contributed by atoms with E-state index in [1.165, 1.54) is 7.06 Å². The van der Waals surface area contributed by atoms with E-state index in [2.05, 4.69) is 56.0 Å². The summed E-state index contributed by atoms with van der Waals surface area (Å²) in [4.78, 5) is 0. The first kappa shape index (κ1) is 32.5. The molecular weight excluding hydrogens is 449 g/mol. The third-order valence-corrected chi connectivity index (χ3v) is 15.7. The molecule has 0 aromatic carbocycles. The quantitative estimate of drug-likeness (QED) is 0.293. The van der Waals surface area contributed by atoms with Crippen LogP contribution in [-0.2, 0) is 12.7 Å². The number of rotatable bonds is 12. The van der Waals surface area contributed by atoms with Gasteiger partial charge in [0.1, 0.15) is 8.19 Å². The van der Waals surface area contributed by atoms with E-state index in [0.717, 1.165) is 0 Å². The molecule has 0 aromatic rings. The van der Waals surface area contributed by atoms with Crippen LogP contribution in [0.25, 0.3) is 0 Å². The predicted octanol–water partition coefficient (Wildman–Crippen LogP) is 0.0326. The van der Waals surface area contributed by atoms with E-state index in [1.807, 2.05) is 33.0 Å². The highest BCUT2D eigenvalue weighted by Crippen LogP contribution is 2.27. The third-order valence-electron chi connectivity index (χ3n) is 4.39. The molecular formula is C15H30B10O3Si4. The lowest BCUT2D eigenvalue weighted by molar-refractivity contribution is 0.239. The summed E-state index contributed by atoms with van der Waals surface area (Å²) in [5.41, 5.74) is 3.14. The smallest absolute Gasteiger partial charge is 0.320 e. The van der Waals surface area contributed by atoms with E-state index in [1.54, 1.807) is 6.92 Å². The summed E-state index contributed by atoms with van der Waals surface area (Å²) >= 11 is 0. The fourth-order valence-corrected chi connectivity index (χ4v) is 18.4. The molecule has 1 unspecified atom stereocenters. The van der Waals surface area contributed by atoms with Gasteiger partial charge in [0.25, 0.3) is 8.32 Å². The van der Waals surface area contributed by atoms with Crippen molar-refractivity contribution in [1.82, 2.24) is 0 Å². The zero-order valence-electron chi connectivity index (χ0n) is 21.5. The van der Waals surface area contributed by atoms with Crippen LogP contribution in [0.2, 0.25) is 58.9 Å². The van der Waals surface area contributed by atoms with Gasteiger partial charge in [-0.1, -0.05) is 29.9 Å². The van der Waals surface area contributed by atoms with Crippen LogP contribution in [0.1, 0.15) is 6.92 Å². The zero-order chi connectivity index (χ0) is 25.6. The van der Waals surface area contributed by atoms with Crippen LogP contribution in [0.5, 0.6) is 0 Å². The van der Waals surface area contributed by atoms with Crippen molar-refractivity contribution >= 4 is 105 Å². The summed E-state index contributed by atoms with van der Waals surface area (Å²) < 4.78 is 19.5. The van der Waals surface area contributed by atoms with Gasteiger partial charge in [-0.15, -0.1) is 0 Å². The van der Waals surface area contributed by atoms with Crippen LogP contribution in [0, 0.1) is 23.3 Å². The molecule has 0 heterocycles. The summed E-state index contributed by atoms with van der Waals surface area (Å²) in [5, 5.41) is -1.38. The molecule has 0 aliphatic carbocycles. The molecule has 0 fully saturated rings. The van der Waals surface area contributed by atoms with Crippen molar-refractivity contribution in [2.75, 3.05) is 0 Å². The zero-order valence-corrected chi connectivity index (χ0v) is 25.5. The van der Waals surface area contributed by atoms with E-state index in [4.69, 9.17) is 51.3 Å². The van der Waals surface area contributed by atoms with Crippen molar-refractivity contribution in [1.29, 1.82) is 0 Å². The normalized spacial score (nSPS) is 14.1. The van der Waals surface area contributed by atoms with Gasteiger partial charge in [0, 0.05) is 45.7 Å². The van der Waals surface area contributed by atoms with Gasteiger partial charge in [-0.05, 0) is 64.6 Å². The van der Waals surface area contributed by atoms with Crippen molar-refractivity contribution in [3.05, 3.63) is 0 Å². The second-order valence-corrected chi connectivity index (χ2v) is 26.0. The molecule has 3 nitrogen and oxygen atoms in total. The molecule has 0 amide bonds. The van der Waals surface area contributed by atoms with Crippen molar-refractivity contribution in [3.8, 4) is 23.3 Å². The summed E-state index contributed by atoms with van der Waals surface area (Å²) in [6.45, 7) is 19.5. The molecule has 17 heteroatoms. The van der Waals surface area contributed by atoms with Crippen LogP contribution in [0.15, 0.2) is 0 Å².